The molecule has 76 valence electrons. The normalized spacial score (nSPS) is 10.9. The summed E-state index contributed by atoms with van der Waals surface area (Å²) in [5.74, 6) is -0.356. The van der Waals surface area contributed by atoms with E-state index in [4.69, 9.17) is 5.73 Å². The zero-order chi connectivity index (χ0) is 10.6. The zero-order valence-corrected chi connectivity index (χ0v) is 8.81. The van der Waals surface area contributed by atoms with Gasteiger partial charge in [-0.15, -0.1) is 0 Å². The first kappa shape index (κ1) is 10.9. The van der Waals surface area contributed by atoms with Crippen molar-refractivity contribution in [2.24, 2.45) is 5.73 Å². The van der Waals surface area contributed by atoms with Gasteiger partial charge in [-0.05, 0) is 12.1 Å². The third-order valence-electron chi connectivity index (χ3n) is 1.29. The first-order valence-corrected chi connectivity index (χ1v) is 5.74. The van der Waals surface area contributed by atoms with Crippen molar-refractivity contribution in [2.45, 2.75) is 0 Å². The molecule has 0 aromatic carbocycles. The number of hydrogen-bond acceptors (Lipinski definition) is 4. The lowest BCUT2D eigenvalue weighted by Crippen LogP contribution is -2.26. The molecule has 1 heterocycles. The van der Waals surface area contributed by atoms with E-state index in [9.17, 15) is 8.42 Å². The summed E-state index contributed by atoms with van der Waals surface area (Å²) in [4.78, 5) is 3.69. The Morgan fingerprint density at radius 2 is 2.07 bits per heavy atom. The van der Waals surface area contributed by atoms with Gasteiger partial charge in [-0.3, -0.25) is 9.71 Å². The van der Waals surface area contributed by atoms with E-state index < -0.39 is 10.0 Å². The number of nitrogens with zero attached hydrogens (tertiary/aromatic N) is 1. The quantitative estimate of drug-likeness (QED) is 0.718. The third-order valence-corrected chi connectivity index (χ3v) is 2.85. The Morgan fingerprint density at radius 1 is 1.50 bits per heavy atom. The predicted molar refractivity (Wildman–Crippen MR) is 58.4 cm³/mol. The van der Waals surface area contributed by atoms with Crippen LogP contribution in [0.1, 0.15) is 0 Å². The monoisotopic (exact) mass is 231 g/mol. The van der Waals surface area contributed by atoms with Crippen molar-refractivity contribution in [1.29, 1.82) is 0 Å². The average molecular weight is 231 g/mol. The maximum atomic E-state index is 11.3. The van der Waals surface area contributed by atoms with Crippen LogP contribution in [0.5, 0.6) is 0 Å². The van der Waals surface area contributed by atoms with Gasteiger partial charge in [0.05, 0.1) is 10.7 Å². The maximum absolute atomic E-state index is 11.3. The molecule has 0 bridgehead atoms. The van der Waals surface area contributed by atoms with E-state index in [0.717, 1.165) is 0 Å². The van der Waals surface area contributed by atoms with Crippen molar-refractivity contribution in [1.82, 2.24) is 4.98 Å². The number of pyridine rings is 1. The van der Waals surface area contributed by atoms with Crippen LogP contribution in [-0.4, -0.2) is 24.1 Å². The van der Waals surface area contributed by atoms with Gasteiger partial charge in [-0.25, -0.2) is 8.42 Å². The highest BCUT2D eigenvalue weighted by Gasteiger charge is 2.11. The molecule has 0 unspecified atom stereocenters. The second-order valence-corrected chi connectivity index (χ2v) is 4.81. The largest absolute Gasteiger partial charge is 0.392 e. The van der Waals surface area contributed by atoms with Gasteiger partial charge >= 0.3 is 0 Å². The molecule has 0 aliphatic rings. The fraction of sp³-hybridized carbons (Fsp3) is 0.143. The van der Waals surface area contributed by atoms with Gasteiger partial charge in [0.1, 0.15) is 5.75 Å². The summed E-state index contributed by atoms with van der Waals surface area (Å²) in [7, 11) is -3.48. The van der Waals surface area contributed by atoms with Gasteiger partial charge in [-0.2, -0.15) is 0 Å². The van der Waals surface area contributed by atoms with Crippen molar-refractivity contribution >= 4 is 32.9 Å². The second-order valence-electron chi connectivity index (χ2n) is 2.56. The molecule has 1 aromatic heterocycles. The van der Waals surface area contributed by atoms with Gasteiger partial charge in [-0.1, -0.05) is 12.2 Å². The molecule has 0 aliphatic carbocycles. The lowest BCUT2D eigenvalue weighted by atomic mass is 10.4. The Hall–Kier alpha value is -1.21. The molecule has 0 aliphatic heterocycles. The summed E-state index contributed by atoms with van der Waals surface area (Å²) in [5, 5.41) is 0. The van der Waals surface area contributed by atoms with Crippen LogP contribution in [-0.2, 0) is 10.0 Å². The Kier molecular flexibility index (Phi) is 3.37. The van der Waals surface area contributed by atoms with Gasteiger partial charge in [0.25, 0.3) is 0 Å². The van der Waals surface area contributed by atoms with Gasteiger partial charge in [0.2, 0.25) is 10.0 Å². The highest BCUT2D eigenvalue weighted by Crippen LogP contribution is 2.06. The summed E-state index contributed by atoms with van der Waals surface area (Å²) >= 11 is 4.51. The number of nitrogens with two attached hydrogens (primary N) is 1. The number of sulfonamides is 1. The summed E-state index contributed by atoms with van der Waals surface area (Å²) < 4.78 is 24.9. The average Bonchev–Trinajstić information content (AvgIpc) is 2.02. The molecule has 0 spiro atoms. The van der Waals surface area contributed by atoms with Crippen LogP contribution < -0.4 is 10.5 Å². The minimum absolute atomic E-state index is 0.0634. The molecular formula is C7H9N3O2S2. The molecule has 0 radical (unpaired) electrons. The minimum atomic E-state index is -3.48. The van der Waals surface area contributed by atoms with Gasteiger partial charge in [0, 0.05) is 12.4 Å². The lowest BCUT2D eigenvalue weighted by molar-refractivity contribution is 0.605. The number of aromatic nitrogens is 1. The second kappa shape index (κ2) is 4.34. The number of nitrogens with one attached hydrogen (secondary N) is 1. The fourth-order valence-corrected chi connectivity index (χ4v) is 2.23. The van der Waals surface area contributed by atoms with Gasteiger partial charge < -0.3 is 5.73 Å². The van der Waals surface area contributed by atoms with E-state index in [1.54, 1.807) is 0 Å². The summed E-state index contributed by atoms with van der Waals surface area (Å²) in [6.45, 7) is 0. The molecule has 3 N–H and O–H groups in total. The van der Waals surface area contributed by atoms with Crippen LogP contribution in [0.3, 0.4) is 0 Å². The molecule has 0 amide bonds. The summed E-state index contributed by atoms with van der Waals surface area (Å²) in [6, 6.07) is 3.08. The molecule has 0 saturated carbocycles. The fourth-order valence-electron chi connectivity index (χ4n) is 0.823. The smallest absolute Gasteiger partial charge is 0.239 e. The summed E-state index contributed by atoms with van der Waals surface area (Å²) in [6.07, 6.45) is 2.97. The van der Waals surface area contributed by atoms with E-state index in [1.807, 2.05) is 0 Å². The number of rotatable bonds is 4. The molecule has 14 heavy (non-hydrogen) atoms. The standard InChI is InChI=1S/C7H9N3O2S2/c8-7(13)5-14(11,12)10-6-1-3-9-4-2-6/h1-4H,5H2,(H2,8,13)(H,9,10). The van der Waals surface area contributed by atoms with Crippen molar-refractivity contribution in [3.63, 3.8) is 0 Å². The van der Waals surface area contributed by atoms with E-state index in [1.165, 1.54) is 24.5 Å². The molecule has 5 nitrogen and oxygen atoms in total. The number of hydrogen-bond donors (Lipinski definition) is 2. The third kappa shape index (κ3) is 3.67. The number of thiocarbonyl (C=S) groups is 1. The predicted octanol–water partition coefficient (Wildman–Crippen LogP) is 0.109. The minimum Gasteiger partial charge on any atom is -0.392 e. The van der Waals surface area contributed by atoms with Crippen molar-refractivity contribution in [3.05, 3.63) is 24.5 Å². The zero-order valence-electron chi connectivity index (χ0n) is 7.17. The first-order chi connectivity index (χ1) is 6.49. The Balaban J connectivity index is 2.74. The van der Waals surface area contributed by atoms with Gasteiger partial charge in [0.15, 0.2) is 0 Å². The molecule has 0 saturated heterocycles. The SMILES string of the molecule is NC(=S)CS(=O)(=O)Nc1ccncc1. The van der Waals surface area contributed by atoms with Crippen LogP contribution in [0.15, 0.2) is 24.5 Å². The van der Waals surface area contributed by atoms with Crippen LogP contribution in [0, 0.1) is 0 Å². The Labute approximate surface area is 87.4 Å². The molecule has 7 heteroatoms. The van der Waals surface area contributed by atoms with Crippen molar-refractivity contribution in [3.8, 4) is 0 Å². The van der Waals surface area contributed by atoms with E-state index in [-0.39, 0.29) is 10.7 Å². The highest BCUT2D eigenvalue weighted by atomic mass is 32.2. The van der Waals surface area contributed by atoms with Crippen molar-refractivity contribution < 1.29 is 8.42 Å². The lowest BCUT2D eigenvalue weighted by Gasteiger charge is -2.05. The van der Waals surface area contributed by atoms with E-state index in [2.05, 4.69) is 21.9 Å². The van der Waals surface area contributed by atoms with E-state index >= 15 is 0 Å². The number of anilines is 1. The van der Waals surface area contributed by atoms with Crippen molar-refractivity contribution in [2.75, 3.05) is 10.5 Å². The van der Waals surface area contributed by atoms with Crippen LogP contribution >= 0.6 is 12.2 Å². The molecule has 1 aromatic rings. The molecule has 0 atom stereocenters. The molecule has 0 fully saturated rings. The van der Waals surface area contributed by atoms with Crippen LogP contribution in [0.25, 0.3) is 0 Å². The van der Waals surface area contributed by atoms with E-state index in [0.29, 0.717) is 5.69 Å². The topological polar surface area (TPSA) is 85.1 Å². The summed E-state index contributed by atoms with van der Waals surface area (Å²) in [5.41, 5.74) is 5.57. The molecular weight excluding hydrogens is 222 g/mol. The Bertz CT molecular complexity index is 416. The van der Waals surface area contributed by atoms with Crippen LogP contribution in [0.2, 0.25) is 0 Å². The maximum Gasteiger partial charge on any atom is 0.239 e. The first-order valence-electron chi connectivity index (χ1n) is 3.68. The molecule has 1 rings (SSSR count). The van der Waals surface area contributed by atoms with Crippen LogP contribution in [0.4, 0.5) is 5.69 Å². The Morgan fingerprint density at radius 3 is 2.57 bits per heavy atom. The highest BCUT2D eigenvalue weighted by molar-refractivity contribution is 7.95.